The van der Waals surface area contributed by atoms with Crippen molar-refractivity contribution < 1.29 is 18.8 Å². The second kappa shape index (κ2) is 7.20. The minimum Gasteiger partial charge on any atom is -0.455 e. The largest absolute Gasteiger partial charge is 0.455 e. The van der Waals surface area contributed by atoms with Crippen molar-refractivity contribution in [3.63, 3.8) is 0 Å². The summed E-state index contributed by atoms with van der Waals surface area (Å²) in [6.45, 7) is 0.966. The number of hydrogen-bond acceptors (Lipinski definition) is 4. The molecular formula is C26H21N3O4. The number of para-hydroxylation sites is 2. The third-order valence-corrected chi connectivity index (χ3v) is 6.77. The number of rotatable bonds is 3. The Kier molecular flexibility index (Phi) is 4.26. The van der Waals surface area contributed by atoms with Crippen LogP contribution >= 0.6 is 0 Å². The summed E-state index contributed by atoms with van der Waals surface area (Å²) < 4.78 is 6.03. The van der Waals surface area contributed by atoms with Gasteiger partial charge in [0.2, 0.25) is 5.91 Å². The van der Waals surface area contributed by atoms with E-state index in [4.69, 9.17) is 10.2 Å². The van der Waals surface area contributed by atoms with E-state index < -0.39 is 5.91 Å². The SMILES string of the molecule is NC(=O)c1ccc(C(=O)N2C3CC2CN(C(=O)c2cccc4c2oc2ccccc24)C3)cc1. The Morgan fingerprint density at radius 2 is 1.45 bits per heavy atom. The van der Waals surface area contributed by atoms with Gasteiger partial charge in [0.1, 0.15) is 11.2 Å². The number of nitrogens with zero attached hydrogens (tertiary/aromatic N) is 2. The number of fused-ring (bicyclic) bond motifs is 5. The van der Waals surface area contributed by atoms with Crippen LogP contribution in [0.2, 0.25) is 0 Å². The molecule has 7 nitrogen and oxygen atoms in total. The van der Waals surface area contributed by atoms with Gasteiger partial charge in [0.15, 0.2) is 0 Å². The highest BCUT2D eigenvalue weighted by atomic mass is 16.3. The predicted molar refractivity (Wildman–Crippen MR) is 123 cm³/mol. The van der Waals surface area contributed by atoms with E-state index in [9.17, 15) is 14.4 Å². The summed E-state index contributed by atoms with van der Waals surface area (Å²) in [5.74, 6) is -0.686. The van der Waals surface area contributed by atoms with Crippen molar-refractivity contribution in [2.45, 2.75) is 18.5 Å². The fourth-order valence-electron chi connectivity index (χ4n) is 5.12. The Morgan fingerprint density at radius 3 is 2.18 bits per heavy atom. The molecule has 3 fully saturated rings. The van der Waals surface area contributed by atoms with Crippen LogP contribution in [-0.2, 0) is 0 Å². The van der Waals surface area contributed by atoms with Gasteiger partial charge >= 0.3 is 0 Å². The quantitative estimate of drug-likeness (QED) is 0.529. The molecule has 3 amide bonds. The van der Waals surface area contributed by atoms with Crippen molar-refractivity contribution in [2.75, 3.05) is 13.1 Å². The van der Waals surface area contributed by atoms with Gasteiger partial charge in [-0.05, 0) is 42.8 Å². The lowest BCUT2D eigenvalue weighted by molar-refractivity contribution is -0.0397. The van der Waals surface area contributed by atoms with Gasteiger partial charge in [0.05, 0.1) is 17.6 Å². The molecule has 2 atom stereocenters. The summed E-state index contributed by atoms with van der Waals surface area (Å²) in [4.78, 5) is 41.4. The molecule has 3 aromatic carbocycles. The van der Waals surface area contributed by atoms with Crippen LogP contribution in [0.5, 0.6) is 0 Å². The first-order valence-electron chi connectivity index (χ1n) is 10.9. The van der Waals surface area contributed by atoms with Crippen molar-refractivity contribution in [1.29, 1.82) is 0 Å². The number of nitrogens with two attached hydrogens (primary N) is 1. The van der Waals surface area contributed by atoms with Crippen LogP contribution in [0.25, 0.3) is 21.9 Å². The number of hydrogen-bond donors (Lipinski definition) is 1. The molecule has 164 valence electrons. The first-order valence-corrected chi connectivity index (χ1v) is 10.9. The first-order chi connectivity index (χ1) is 16.0. The monoisotopic (exact) mass is 439 g/mol. The van der Waals surface area contributed by atoms with Crippen molar-refractivity contribution in [3.05, 3.63) is 83.4 Å². The summed E-state index contributed by atoms with van der Waals surface area (Å²) >= 11 is 0. The van der Waals surface area contributed by atoms with E-state index in [0.717, 1.165) is 22.8 Å². The fourth-order valence-corrected chi connectivity index (χ4v) is 5.12. The molecule has 4 aromatic rings. The average molecular weight is 439 g/mol. The normalized spacial score (nSPS) is 19.5. The van der Waals surface area contributed by atoms with Gasteiger partial charge in [0.25, 0.3) is 11.8 Å². The van der Waals surface area contributed by atoms with Crippen molar-refractivity contribution in [3.8, 4) is 0 Å². The molecular weight excluding hydrogens is 418 g/mol. The van der Waals surface area contributed by atoms with Gasteiger partial charge in [-0.25, -0.2) is 0 Å². The standard InChI is InChI=1S/C26H21N3O4/c27-24(30)15-8-10-16(11-9-15)25(31)29-17-12-18(29)14-28(13-17)26(32)21-6-3-5-20-19-4-1-2-7-22(19)33-23(20)21/h1-11,17-18H,12-14H2,(H2,27,30). The van der Waals surface area contributed by atoms with E-state index in [1.807, 2.05) is 46.2 Å². The number of piperazine rings is 1. The van der Waals surface area contributed by atoms with Gasteiger partial charge < -0.3 is 20.0 Å². The maximum absolute atomic E-state index is 13.4. The van der Waals surface area contributed by atoms with Crippen molar-refractivity contribution in [2.24, 2.45) is 5.73 Å². The fraction of sp³-hybridized carbons (Fsp3) is 0.192. The van der Waals surface area contributed by atoms with Gasteiger partial charge in [-0.2, -0.15) is 0 Å². The average Bonchev–Trinajstić information content (AvgIpc) is 3.22. The smallest absolute Gasteiger partial charge is 0.257 e. The summed E-state index contributed by atoms with van der Waals surface area (Å²) in [5, 5.41) is 1.91. The molecule has 0 spiro atoms. The molecule has 2 N–H and O–H groups in total. The zero-order valence-corrected chi connectivity index (χ0v) is 17.7. The minimum absolute atomic E-state index is 0.0223. The van der Waals surface area contributed by atoms with Crippen molar-refractivity contribution >= 4 is 39.7 Å². The Balaban J connectivity index is 1.23. The molecule has 0 aliphatic carbocycles. The van der Waals surface area contributed by atoms with E-state index >= 15 is 0 Å². The summed E-state index contributed by atoms with van der Waals surface area (Å²) in [7, 11) is 0. The third-order valence-electron chi connectivity index (χ3n) is 6.77. The van der Waals surface area contributed by atoms with E-state index in [0.29, 0.717) is 35.4 Å². The molecule has 0 radical (unpaired) electrons. The van der Waals surface area contributed by atoms with Gasteiger partial charge in [-0.3, -0.25) is 14.4 Å². The van der Waals surface area contributed by atoms with E-state index in [-0.39, 0.29) is 23.9 Å². The van der Waals surface area contributed by atoms with Crippen LogP contribution in [0.15, 0.2) is 71.1 Å². The number of carbonyl (C=O) groups excluding carboxylic acids is 3. The summed E-state index contributed by atoms with van der Waals surface area (Å²) in [5.41, 5.74) is 8.07. The first kappa shape index (κ1) is 19.5. The molecule has 0 saturated carbocycles. The number of carbonyl (C=O) groups is 3. The molecule has 3 saturated heterocycles. The van der Waals surface area contributed by atoms with Gasteiger partial charge in [0, 0.05) is 35.0 Å². The number of benzene rings is 3. The summed E-state index contributed by atoms with van der Waals surface area (Å²) in [6, 6.07) is 19.8. The predicted octanol–water partition coefficient (Wildman–Crippen LogP) is 3.42. The van der Waals surface area contributed by atoms with Crippen LogP contribution in [0.3, 0.4) is 0 Å². The highest BCUT2D eigenvalue weighted by Crippen LogP contribution is 2.36. The van der Waals surface area contributed by atoms with Crippen molar-refractivity contribution in [1.82, 2.24) is 9.80 Å². The van der Waals surface area contributed by atoms with Gasteiger partial charge in [-0.15, -0.1) is 0 Å². The molecule has 3 aliphatic heterocycles. The van der Waals surface area contributed by atoms with Crippen LogP contribution in [0.4, 0.5) is 0 Å². The molecule has 2 unspecified atom stereocenters. The summed E-state index contributed by atoms with van der Waals surface area (Å²) in [6.07, 6.45) is 0.879. The second-order valence-electron chi connectivity index (χ2n) is 8.69. The minimum atomic E-state index is -0.525. The molecule has 1 aromatic heterocycles. The van der Waals surface area contributed by atoms with Crippen LogP contribution < -0.4 is 5.73 Å². The van der Waals surface area contributed by atoms with Crippen LogP contribution in [-0.4, -0.2) is 52.7 Å². The molecule has 33 heavy (non-hydrogen) atoms. The maximum Gasteiger partial charge on any atom is 0.257 e. The lowest BCUT2D eigenvalue weighted by atomic mass is 9.86. The maximum atomic E-state index is 13.4. The second-order valence-corrected chi connectivity index (χ2v) is 8.69. The lowest BCUT2D eigenvalue weighted by Crippen LogP contribution is -2.70. The topological polar surface area (TPSA) is 96.9 Å². The van der Waals surface area contributed by atoms with E-state index in [1.54, 1.807) is 30.3 Å². The number of primary amides is 1. The zero-order valence-electron chi connectivity index (χ0n) is 17.7. The third kappa shape index (κ3) is 3.00. The molecule has 2 bridgehead atoms. The van der Waals surface area contributed by atoms with E-state index in [1.165, 1.54) is 0 Å². The number of amides is 3. The van der Waals surface area contributed by atoms with Gasteiger partial charge in [-0.1, -0.05) is 30.3 Å². The Hall–Kier alpha value is -4.13. The highest BCUT2D eigenvalue weighted by molar-refractivity contribution is 6.13. The highest BCUT2D eigenvalue weighted by Gasteiger charge is 2.48. The number of piperidine rings is 1. The van der Waals surface area contributed by atoms with E-state index in [2.05, 4.69) is 0 Å². The lowest BCUT2D eigenvalue weighted by Gasteiger charge is -2.56. The molecule has 7 rings (SSSR count). The van der Waals surface area contributed by atoms with Crippen LogP contribution in [0, 0.1) is 0 Å². The Morgan fingerprint density at radius 1 is 0.788 bits per heavy atom. The van der Waals surface area contributed by atoms with Crippen LogP contribution in [0.1, 0.15) is 37.5 Å². The molecule has 3 aliphatic rings. The molecule has 4 heterocycles. The Labute approximate surface area is 189 Å². The molecule has 7 heteroatoms. The number of furan rings is 1. The Bertz CT molecular complexity index is 1430. The zero-order chi connectivity index (χ0) is 22.7.